The second kappa shape index (κ2) is 7.16. The fourth-order valence-electron chi connectivity index (χ4n) is 3.36. The van der Waals surface area contributed by atoms with Crippen LogP contribution in [0.5, 0.6) is 11.5 Å². The monoisotopic (exact) mass is 333 g/mol. The van der Waals surface area contributed by atoms with Gasteiger partial charge in [0.05, 0.1) is 0 Å². The number of ether oxygens (including phenoxy) is 2. The van der Waals surface area contributed by atoms with E-state index in [0.29, 0.717) is 19.3 Å². The first-order valence-electron chi connectivity index (χ1n) is 8.94. The van der Waals surface area contributed by atoms with E-state index in [1.54, 1.807) is 0 Å². The van der Waals surface area contributed by atoms with Gasteiger partial charge in [-0.2, -0.15) is 0 Å². The molecule has 0 aromatic heterocycles. The number of rotatable bonds is 5. The maximum absolute atomic E-state index is 5.72. The summed E-state index contributed by atoms with van der Waals surface area (Å²) in [5.74, 6) is 1.70. The van der Waals surface area contributed by atoms with Crippen molar-refractivity contribution in [1.29, 1.82) is 0 Å². The molecule has 0 unspecified atom stereocenters. The average molecular weight is 333 g/mol. The van der Waals surface area contributed by atoms with E-state index < -0.39 is 0 Å². The van der Waals surface area contributed by atoms with Crippen molar-refractivity contribution in [2.75, 3.05) is 13.2 Å². The highest BCUT2D eigenvalue weighted by atomic mass is 16.6. The van der Waals surface area contributed by atoms with Crippen LogP contribution in [0.3, 0.4) is 0 Å². The first kappa shape index (κ1) is 16.0. The van der Waals surface area contributed by atoms with Crippen molar-refractivity contribution in [1.82, 2.24) is 5.32 Å². The van der Waals surface area contributed by atoms with Crippen LogP contribution < -0.4 is 14.8 Å². The average Bonchev–Trinajstić information content (AvgIpc) is 2.68. The van der Waals surface area contributed by atoms with Crippen molar-refractivity contribution in [2.45, 2.75) is 25.9 Å². The lowest BCUT2D eigenvalue weighted by Gasteiger charge is -2.22. The zero-order chi connectivity index (χ0) is 17.1. The Bertz CT molecular complexity index is 875. The van der Waals surface area contributed by atoms with E-state index in [1.165, 1.54) is 21.9 Å². The van der Waals surface area contributed by atoms with Gasteiger partial charge in [-0.25, -0.2) is 0 Å². The van der Waals surface area contributed by atoms with E-state index >= 15 is 0 Å². The molecule has 0 aliphatic carbocycles. The third-order valence-electron chi connectivity index (χ3n) is 4.74. The van der Waals surface area contributed by atoms with Crippen LogP contribution in [0.25, 0.3) is 10.8 Å². The molecule has 0 amide bonds. The van der Waals surface area contributed by atoms with E-state index in [1.807, 2.05) is 6.07 Å². The molecule has 0 saturated heterocycles. The topological polar surface area (TPSA) is 30.5 Å². The number of benzene rings is 3. The molecule has 1 aliphatic heterocycles. The second-order valence-corrected chi connectivity index (χ2v) is 6.43. The minimum Gasteiger partial charge on any atom is -0.486 e. The molecule has 0 saturated carbocycles. The van der Waals surface area contributed by atoms with Crippen LogP contribution in [0.1, 0.15) is 30.5 Å². The fourth-order valence-corrected chi connectivity index (χ4v) is 3.36. The van der Waals surface area contributed by atoms with Gasteiger partial charge in [0.15, 0.2) is 11.5 Å². The van der Waals surface area contributed by atoms with Crippen molar-refractivity contribution in [3.8, 4) is 11.5 Å². The summed E-state index contributed by atoms with van der Waals surface area (Å²) in [7, 11) is 0. The SMILES string of the molecule is CC[C@H](NCc1ccc2ccccc2c1)c1ccc2c(c1)OCCO2. The largest absolute Gasteiger partial charge is 0.486 e. The van der Waals surface area contributed by atoms with Gasteiger partial charge >= 0.3 is 0 Å². The highest BCUT2D eigenvalue weighted by molar-refractivity contribution is 5.82. The highest BCUT2D eigenvalue weighted by Crippen LogP contribution is 2.33. The molecule has 0 bridgehead atoms. The Morgan fingerprint density at radius 3 is 2.52 bits per heavy atom. The van der Waals surface area contributed by atoms with E-state index in [2.05, 4.69) is 66.8 Å². The Balaban J connectivity index is 1.49. The van der Waals surface area contributed by atoms with Crippen LogP contribution in [0, 0.1) is 0 Å². The third-order valence-corrected chi connectivity index (χ3v) is 4.74. The molecule has 0 fully saturated rings. The second-order valence-electron chi connectivity index (χ2n) is 6.43. The van der Waals surface area contributed by atoms with Gasteiger partial charge < -0.3 is 14.8 Å². The summed E-state index contributed by atoms with van der Waals surface area (Å²) >= 11 is 0. The summed E-state index contributed by atoms with van der Waals surface area (Å²) < 4.78 is 11.3. The molecule has 3 aromatic carbocycles. The lowest BCUT2D eigenvalue weighted by Crippen LogP contribution is -2.21. The van der Waals surface area contributed by atoms with Crippen LogP contribution >= 0.6 is 0 Å². The molecule has 1 heterocycles. The van der Waals surface area contributed by atoms with E-state index in [-0.39, 0.29) is 0 Å². The van der Waals surface area contributed by atoms with Crippen LogP contribution in [0.15, 0.2) is 60.7 Å². The minimum absolute atomic E-state index is 0.294. The maximum atomic E-state index is 5.72. The Labute approximate surface area is 148 Å². The Morgan fingerprint density at radius 1 is 0.880 bits per heavy atom. The molecule has 1 atom stereocenters. The van der Waals surface area contributed by atoms with Gasteiger partial charge in [0, 0.05) is 12.6 Å². The van der Waals surface area contributed by atoms with Crippen molar-refractivity contribution >= 4 is 10.8 Å². The van der Waals surface area contributed by atoms with Gasteiger partial charge in [-0.05, 0) is 46.5 Å². The van der Waals surface area contributed by atoms with Crippen LogP contribution in [-0.2, 0) is 6.54 Å². The smallest absolute Gasteiger partial charge is 0.161 e. The molecule has 1 aliphatic rings. The lowest BCUT2D eigenvalue weighted by atomic mass is 10.0. The predicted molar refractivity (Wildman–Crippen MR) is 101 cm³/mol. The zero-order valence-electron chi connectivity index (χ0n) is 14.5. The summed E-state index contributed by atoms with van der Waals surface area (Å²) in [6, 6.07) is 21.7. The van der Waals surface area contributed by atoms with Gasteiger partial charge in [0.1, 0.15) is 13.2 Å². The molecule has 0 radical (unpaired) electrons. The molecule has 1 N–H and O–H groups in total. The normalized spacial score (nSPS) is 14.4. The molecular weight excluding hydrogens is 310 g/mol. The first-order chi connectivity index (χ1) is 12.3. The highest BCUT2D eigenvalue weighted by Gasteiger charge is 2.15. The lowest BCUT2D eigenvalue weighted by molar-refractivity contribution is 0.171. The summed E-state index contributed by atoms with van der Waals surface area (Å²) in [6.45, 7) is 4.30. The molecule has 25 heavy (non-hydrogen) atoms. The zero-order valence-corrected chi connectivity index (χ0v) is 14.5. The molecule has 4 rings (SSSR count). The van der Waals surface area contributed by atoms with Crippen molar-refractivity contribution in [3.05, 3.63) is 71.8 Å². The summed E-state index contributed by atoms with van der Waals surface area (Å²) in [6.07, 6.45) is 1.02. The van der Waals surface area contributed by atoms with E-state index in [0.717, 1.165) is 24.5 Å². The van der Waals surface area contributed by atoms with Crippen molar-refractivity contribution < 1.29 is 9.47 Å². The predicted octanol–water partition coefficient (Wildman–Crippen LogP) is 4.85. The Morgan fingerprint density at radius 2 is 1.68 bits per heavy atom. The maximum Gasteiger partial charge on any atom is 0.161 e. The third kappa shape index (κ3) is 3.47. The number of nitrogens with one attached hydrogen (secondary N) is 1. The minimum atomic E-state index is 0.294. The summed E-state index contributed by atoms with van der Waals surface area (Å²) in [4.78, 5) is 0. The Hall–Kier alpha value is -2.52. The quantitative estimate of drug-likeness (QED) is 0.724. The van der Waals surface area contributed by atoms with Crippen LogP contribution in [0.2, 0.25) is 0 Å². The number of hydrogen-bond donors (Lipinski definition) is 1. The first-order valence-corrected chi connectivity index (χ1v) is 8.94. The van der Waals surface area contributed by atoms with Gasteiger partial charge in [-0.15, -0.1) is 0 Å². The number of fused-ring (bicyclic) bond motifs is 2. The fraction of sp³-hybridized carbons (Fsp3) is 0.273. The van der Waals surface area contributed by atoms with E-state index in [9.17, 15) is 0 Å². The molecule has 3 aromatic rings. The van der Waals surface area contributed by atoms with E-state index in [4.69, 9.17) is 9.47 Å². The van der Waals surface area contributed by atoms with Crippen molar-refractivity contribution in [2.24, 2.45) is 0 Å². The van der Waals surface area contributed by atoms with Gasteiger partial charge in [0.2, 0.25) is 0 Å². The molecular formula is C22H23NO2. The van der Waals surface area contributed by atoms with Gasteiger partial charge in [-0.1, -0.05) is 49.4 Å². The molecule has 3 heteroatoms. The van der Waals surface area contributed by atoms with Gasteiger partial charge in [-0.3, -0.25) is 0 Å². The van der Waals surface area contributed by atoms with Crippen LogP contribution in [-0.4, -0.2) is 13.2 Å². The molecule has 3 nitrogen and oxygen atoms in total. The summed E-state index contributed by atoms with van der Waals surface area (Å²) in [5.41, 5.74) is 2.54. The van der Waals surface area contributed by atoms with Gasteiger partial charge in [0.25, 0.3) is 0 Å². The van der Waals surface area contributed by atoms with Crippen molar-refractivity contribution in [3.63, 3.8) is 0 Å². The summed E-state index contributed by atoms with van der Waals surface area (Å²) in [5, 5.41) is 6.25. The molecule has 0 spiro atoms. The van der Waals surface area contributed by atoms with Crippen LogP contribution in [0.4, 0.5) is 0 Å². The number of hydrogen-bond acceptors (Lipinski definition) is 3. The standard InChI is InChI=1S/C22H23NO2/c1-2-20(19-9-10-21-22(14-19)25-12-11-24-21)23-15-16-7-8-17-5-3-4-6-18(17)13-16/h3-10,13-14,20,23H,2,11-12,15H2,1H3/t20-/m0/s1. The Kier molecular flexibility index (Phi) is 4.57. The molecule has 128 valence electrons.